The first-order valence-electron chi connectivity index (χ1n) is 5.66. The van der Waals surface area contributed by atoms with Crippen LogP contribution in [0, 0.1) is 12.3 Å². The van der Waals surface area contributed by atoms with Gasteiger partial charge in [0.05, 0.1) is 6.10 Å². The molecule has 0 saturated carbocycles. The highest BCUT2D eigenvalue weighted by Crippen LogP contribution is 2.41. The molecule has 1 aliphatic rings. The van der Waals surface area contributed by atoms with Gasteiger partial charge in [-0.3, -0.25) is 0 Å². The number of aliphatic hydroxyl groups is 1. The standard InChI is InChI=1S/C14H16OS/c1-2-3-4-8-13(15)12-10-16-14-9-6-5-7-11(12)14/h1,5-7,9,12-13,15H,3-4,8,10H2. The van der Waals surface area contributed by atoms with E-state index in [9.17, 15) is 5.11 Å². The maximum atomic E-state index is 10.1. The predicted octanol–water partition coefficient (Wildman–Crippen LogP) is 3.04. The Labute approximate surface area is 101 Å². The van der Waals surface area contributed by atoms with Gasteiger partial charge < -0.3 is 5.11 Å². The van der Waals surface area contributed by atoms with Crippen LogP contribution in [0.3, 0.4) is 0 Å². The summed E-state index contributed by atoms with van der Waals surface area (Å²) < 4.78 is 0. The number of fused-ring (bicyclic) bond motifs is 1. The van der Waals surface area contributed by atoms with E-state index in [4.69, 9.17) is 6.42 Å². The molecule has 1 heterocycles. The van der Waals surface area contributed by atoms with Crippen molar-refractivity contribution in [2.45, 2.75) is 36.2 Å². The lowest BCUT2D eigenvalue weighted by molar-refractivity contribution is 0.139. The molecule has 0 spiro atoms. The number of rotatable bonds is 4. The minimum Gasteiger partial charge on any atom is -0.392 e. The second-order valence-electron chi connectivity index (χ2n) is 4.12. The second-order valence-corrected chi connectivity index (χ2v) is 5.18. The maximum Gasteiger partial charge on any atom is 0.0617 e. The van der Waals surface area contributed by atoms with Gasteiger partial charge in [-0.25, -0.2) is 0 Å². The summed E-state index contributed by atoms with van der Waals surface area (Å²) in [6.07, 6.45) is 7.45. The summed E-state index contributed by atoms with van der Waals surface area (Å²) in [7, 11) is 0. The summed E-state index contributed by atoms with van der Waals surface area (Å²) in [6, 6.07) is 8.36. The van der Waals surface area contributed by atoms with Gasteiger partial charge in [0.2, 0.25) is 0 Å². The van der Waals surface area contributed by atoms with E-state index in [1.807, 2.05) is 17.8 Å². The highest BCUT2D eigenvalue weighted by molar-refractivity contribution is 7.99. The summed E-state index contributed by atoms with van der Waals surface area (Å²) >= 11 is 1.84. The number of benzene rings is 1. The van der Waals surface area contributed by atoms with Gasteiger partial charge in [-0.05, 0) is 24.5 Å². The summed E-state index contributed by atoms with van der Waals surface area (Å²) in [5.41, 5.74) is 1.31. The van der Waals surface area contributed by atoms with E-state index in [0.717, 1.165) is 25.0 Å². The first kappa shape index (κ1) is 11.6. The van der Waals surface area contributed by atoms with E-state index in [-0.39, 0.29) is 6.10 Å². The summed E-state index contributed by atoms with van der Waals surface area (Å²) in [5.74, 6) is 3.90. The zero-order chi connectivity index (χ0) is 11.4. The van der Waals surface area contributed by atoms with Crippen LogP contribution in [-0.4, -0.2) is 17.0 Å². The summed E-state index contributed by atoms with van der Waals surface area (Å²) in [4.78, 5) is 1.32. The molecule has 0 fully saturated rings. The van der Waals surface area contributed by atoms with E-state index in [1.165, 1.54) is 10.5 Å². The minimum atomic E-state index is -0.246. The van der Waals surface area contributed by atoms with Crippen molar-refractivity contribution < 1.29 is 5.11 Å². The van der Waals surface area contributed by atoms with Crippen LogP contribution in [0.4, 0.5) is 0 Å². The van der Waals surface area contributed by atoms with Crippen LogP contribution in [0.15, 0.2) is 29.2 Å². The fraction of sp³-hybridized carbons (Fsp3) is 0.429. The Morgan fingerprint density at radius 3 is 3.12 bits per heavy atom. The van der Waals surface area contributed by atoms with Crippen molar-refractivity contribution in [1.29, 1.82) is 0 Å². The van der Waals surface area contributed by atoms with Gasteiger partial charge in [0.1, 0.15) is 0 Å². The van der Waals surface area contributed by atoms with Gasteiger partial charge in [-0.2, -0.15) is 0 Å². The van der Waals surface area contributed by atoms with Crippen LogP contribution in [0.2, 0.25) is 0 Å². The first-order valence-corrected chi connectivity index (χ1v) is 6.64. The Balaban J connectivity index is 1.99. The zero-order valence-corrected chi connectivity index (χ0v) is 10.0. The Morgan fingerprint density at radius 2 is 2.31 bits per heavy atom. The van der Waals surface area contributed by atoms with Gasteiger partial charge in [0.15, 0.2) is 0 Å². The smallest absolute Gasteiger partial charge is 0.0617 e. The summed E-state index contributed by atoms with van der Waals surface area (Å²) in [5, 5.41) is 10.1. The van der Waals surface area contributed by atoms with Crippen LogP contribution >= 0.6 is 11.8 Å². The maximum absolute atomic E-state index is 10.1. The second kappa shape index (κ2) is 5.43. The SMILES string of the molecule is C#CCCCC(O)C1CSc2ccccc21. The van der Waals surface area contributed by atoms with Crippen molar-refractivity contribution in [1.82, 2.24) is 0 Å². The molecule has 1 aromatic rings. The number of aliphatic hydroxyl groups excluding tert-OH is 1. The van der Waals surface area contributed by atoms with Crippen molar-refractivity contribution >= 4 is 11.8 Å². The van der Waals surface area contributed by atoms with Crippen LogP contribution in [0.1, 0.15) is 30.7 Å². The number of hydrogen-bond acceptors (Lipinski definition) is 2. The van der Waals surface area contributed by atoms with E-state index < -0.39 is 0 Å². The molecule has 0 amide bonds. The van der Waals surface area contributed by atoms with Gasteiger partial charge in [0, 0.05) is 23.0 Å². The molecule has 2 unspecified atom stereocenters. The van der Waals surface area contributed by atoms with Gasteiger partial charge in [0.25, 0.3) is 0 Å². The number of unbranched alkanes of at least 4 members (excludes halogenated alkanes) is 1. The molecule has 16 heavy (non-hydrogen) atoms. The molecule has 1 N–H and O–H groups in total. The molecule has 0 aromatic heterocycles. The predicted molar refractivity (Wildman–Crippen MR) is 68.6 cm³/mol. The van der Waals surface area contributed by atoms with Gasteiger partial charge in [-0.1, -0.05) is 18.2 Å². The van der Waals surface area contributed by atoms with Crippen LogP contribution in [0.5, 0.6) is 0 Å². The Kier molecular flexibility index (Phi) is 3.93. The largest absolute Gasteiger partial charge is 0.392 e. The molecular weight excluding hydrogens is 216 g/mol. The van der Waals surface area contributed by atoms with Gasteiger partial charge >= 0.3 is 0 Å². The highest BCUT2D eigenvalue weighted by atomic mass is 32.2. The molecule has 0 aliphatic carbocycles. The molecule has 0 radical (unpaired) electrons. The lowest BCUT2D eigenvalue weighted by Crippen LogP contribution is -2.18. The molecule has 2 heteroatoms. The third kappa shape index (κ3) is 2.42. The third-order valence-corrected chi connectivity index (χ3v) is 4.23. The van der Waals surface area contributed by atoms with E-state index in [1.54, 1.807) is 0 Å². The van der Waals surface area contributed by atoms with Crippen molar-refractivity contribution in [3.8, 4) is 12.3 Å². The van der Waals surface area contributed by atoms with E-state index >= 15 is 0 Å². The third-order valence-electron chi connectivity index (χ3n) is 3.02. The summed E-state index contributed by atoms with van der Waals surface area (Å²) in [6.45, 7) is 0. The first-order chi connectivity index (χ1) is 7.83. The topological polar surface area (TPSA) is 20.2 Å². The van der Waals surface area contributed by atoms with Crippen molar-refractivity contribution in [2.24, 2.45) is 0 Å². The number of thioether (sulfide) groups is 1. The van der Waals surface area contributed by atoms with Crippen LogP contribution in [-0.2, 0) is 0 Å². The molecule has 1 aliphatic heterocycles. The molecule has 0 saturated heterocycles. The van der Waals surface area contributed by atoms with Gasteiger partial charge in [-0.15, -0.1) is 24.1 Å². The average Bonchev–Trinajstić information content (AvgIpc) is 2.73. The average molecular weight is 232 g/mol. The van der Waals surface area contributed by atoms with Crippen LogP contribution in [0.25, 0.3) is 0 Å². The number of terminal acetylenes is 1. The van der Waals surface area contributed by atoms with Crippen molar-refractivity contribution in [3.05, 3.63) is 29.8 Å². The van der Waals surface area contributed by atoms with E-state index in [2.05, 4.69) is 24.1 Å². The molecule has 1 aromatic carbocycles. The number of hydrogen-bond donors (Lipinski definition) is 1. The molecule has 2 rings (SSSR count). The van der Waals surface area contributed by atoms with Crippen LogP contribution < -0.4 is 0 Å². The van der Waals surface area contributed by atoms with Crippen molar-refractivity contribution in [2.75, 3.05) is 5.75 Å². The fourth-order valence-corrected chi connectivity index (χ4v) is 3.44. The lowest BCUT2D eigenvalue weighted by Gasteiger charge is -2.17. The lowest BCUT2D eigenvalue weighted by atomic mass is 9.92. The molecule has 84 valence electrons. The molecule has 2 atom stereocenters. The Morgan fingerprint density at radius 1 is 1.50 bits per heavy atom. The quantitative estimate of drug-likeness (QED) is 0.636. The minimum absolute atomic E-state index is 0.246. The normalized spacial score (nSPS) is 20.1. The van der Waals surface area contributed by atoms with Crippen molar-refractivity contribution in [3.63, 3.8) is 0 Å². The molecule has 1 nitrogen and oxygen atoms in total. The molecular formula is C14H16OS. The monoisotopic (exact) mass is 232 g/mol. The van der Waals surface area contributed by atoms with E-state index in [0.29, 0.717) is 5.92 Å². The fourth-order valence-electron chi connectivity index (χ4n) is 2.12. The Bertz CT molecular complexity index is 394. The zero-order valence-electron chi connectivity index (χ0n) is 9.23. The Hall–Kier alpha value is -0.910. The molecule has 0 bridgehead atoms. The highest BCUT2D eigenvalue weighted by Gasteiger charge is 2.28.